The summed E-state index contributed by atoms with van der Waals surface area (Å²) in [6.45, 7) is 2.97. The third kappa shape index (κ3) is 2.48. The Balaban J connectivity index is 2.28. The smallest absolute Gasteiger partial charge is 0.290 e. The lowest BCUT2D eigenvalue weighted by Gasteiger charge is -2.37. The van der Waals surface area contributed by atoms with Gasteiger partial charge in [-0.15, -0.1) is 0 Å². The van der Waals surface area contributed by atoms with Gasteiger partial charge in [-0.2, -0.15) is 8.78 Å². The van der Waals surface area contributed by atoms with Crippen molar-refractivity contribution in [1.29, 1.82) is 0 Å². The quantitative estimate of drug-likeness (QED) is 0.788. The number of rotatable bonds is 2. The summed E-state index contributed by atoms with van der Waals surface area (Å²) >= 11 is 0. The first-order valence-corrected chi connectivity index (χ1v) is 5.75. The van der Waals surface area contributed by atoms with Crippen LogP contribution in [0.2, 0.25) is 0 Å². The van der Waals surface area contributed by atoms with Crippen LogP contribution in [0, 0.1) is 6.92 Å². The van der Waals surface area contributed by atoms with Gasteiger partial charge in [0.05, 0.1) is 13.2 Å². The van der Waals surface area contributed by atoms with Crippen molar-refractivity contribution in [3.8, 4) is 0 Å². The fourth-order valence-electron chi connectivity index (χ4n) is 2.11. The van der Waals surface area contributed by atoms with Crippen molar-refractivity contribution in [1.82, 2.24) is 4.90 Å². The molecule has 4 heteroatoms. The van der Waals surface area contributed by atoms with Gasteiger partial charge in [0, 0.05) is 12.1 Å². The number of morpholine rings is 1. The molecule has 0 bridgehead atoms. The fraction of sp³-hybridized carbons (Fsp3) is 0.538. The average Bonchev–Trinajstić information content (AvgIpc) is 2.29. The van der Waals surface area contributed by atoms with Gasteiger partial charge in [0.2, 0.25) is 0 Å². The minimum absolute atomic E-state index is 0.0693. The molecule has 1 saturated heterocycles. The molecule has 1 heterocycles. The molecule has 1 atom stereocenters. The molecule has 1 aromatic rings. The molecule has 0 saturated carbocycles. The van der Waals surface area contributed by atoms with Crippen LogP contribution in [0.25, 0.3) is 0 Å². The largest absolute Gasteiger partial charge is 0.378 e. The van der Waals surface area contributed by atoms with E-state index < -0.39 is 12.0 Å². The molecule has 94 valence electrons. The second kappa shape index (κ2) is 4.70. The highest BCUT2D eigenvalue weighted by molar-refractivity contribution is 5.27. The van der Waals surface area contributed by atoms with E-state index in [1.807, 2.05) is 13.0 Å². The predicted molar refractivity (Wildman–Crippen MR) is 62.3 cm³/mol. The zero-order valence-electron chi connectivity index (χ0n) is 10.1. The highest BCUT2D eigenvalue weighted by Gasteiger charge is 2.44. The van der Waals surface area contributed by atoms with Crippen molar-refractivity contribution in [2.24, 2.45) is 0 Å². The van der Waals surface area contributed by atoms with E-state index in [9.17, 15) is 8.78 Å². The van der Waals surface area contributed by atoms with Crippen LogP contribution < -0.4 is 0 Å². The number of benzene rings is 1. The molecular weight excluding hydrogens is 224 g/mol. The lowest BCUT2D eigenvalue weighted by atomic mass is 9.98. The minimum Gasteiger partial charge on any atom is -0.378 e. The molecule has 2 nitrogen and oxygen atoms in total. The van der Waals surface area contributed by atoms with Crippen LogP contribution in [-0.2, 0) is 10.7 Å². The van der Waals surface area contributed by atoms with E-state index in [-0.39, 0.29) is 12.2 Å². The molecule has 1 unspecified atom stereocenters. The molecule has 0 aromatic heterocycles. The molecule has 17 heavy (non-hydrogen) atoms. The molecule has 0 N–H and O–H groups in total. The number of alkyl halides is 2. The summed E-state index contributed by atoms with van der Waals surface area (Å²) in [7, 11) is 1.72. The number of aryl methyl sites for hydroxylation is 1. The standard InChI is InChI=1S/C13H17F2NO/c1-10-4-3-5-11(8-10)13(14,15)12-9-17-7-6-16(12)2/h3-5,8,12H,6-7,9H2,1-2H3. The van der Waals surface area contributed by atoms with Crippen LogP contribution in [0.5, 0.6) is 0 Å². The Morgan fingerprint density at radius 1 is 1.41 bits per heavy atom. The summed E-state index contributed by atoms with van der Waals surface area (Å²) in [6.07, 6.45) is 0. The van der Waals surface area contributed by atoms with Gasteiger partial charge in [0.25, 0.3) is 5.92 Å². The van der Waals surface area contributed by atoms with Crippen molar-refractivity contribution in [3.63, 3.8) is 0 Å². The summed E-state index contributed by atoms with van der Waals surface area (Å²) in [6, 6.07) is 5.64. The van der Waals surface area contributed by atoms with Crippen LogP contribution in [0.3, 0.4) is 0 Å². The fourth-order valence-corrected chi connectivity index (χ4v) is 2.11. The maximum absolute atomic E-state index is 14.4. The number of hydrogen-bond donors (Lipinski definition) is 0. The van der Waals surface area contributed by atoms with Crippen LogP contribution in [0.4, 0.5) is 8.78 Å². The third-order valence-corrected chi connectivity index (χ3v) is 3.22. The minimum atomic E-state index is -2.87. The first-order chi connectivity index (χ1) is 8.01. The van der Waals surface area contributed by atoms with E-state index in [1.54, 1.807) is 24.1 Å². The molecule has 1 aliphatic heterocycles. The Morgan fingerprint density at radius 3 is 2.82 bits per heavy atom. The lowest BCUT2D eigenvalue weighted by Crippen LogP contribution is -2.51. The van der Waals surface area contributed by atoms with Gasteiger partial charge in [-0.25, -0.2) is 0 Å². The van der Waals surface area contributed by atoms with E-state index >= 15 is 0 Å². The van der Waals surface area contributed by atoms with Crippen molar-refractivity contribution in [2.75, 3.05) is 26.8 Å². The average molecular weight is 241 g/mol. The summed E-state index contributed by atoms with van der Waals surface area (Å²) < 4.78 is 33.9. The SMILES string of the molecule is Cc1cccc(C(F)(F)C2COCCN2C)c1. The molecule has 1 aromatic carbocycles. The molecule has 0 aliphatic carbocycles. The topological polar surface area (TPSA) is 12.5 Å². The monoisotopic (exact) mass is 241 g/mol. The van der Waals surface area contributed by atoms with E-state index in [0.29, 0.717) is 13.2 Å². The zero-order chi connectivity index (χ0) is 12.5. The normalized spacial score (nSPS) is 22.7. The van der Waals surface area contributed by atoms with Gasteiger partial charge in [-0.1, -0.05) is 29.8 Å². The molecule has 1 aliphatic rings. The summed E-state index contributed by atoms with van der Waals surface area (Å²) in [4.78, 5) is 1.67. The number of hydrogen-bond acceptors (Lipinski definition) is 2. The van der Waals surface area contributed by atoms with Gasteiger partial charge in [-0.3, -0.25) is 4.90 Å². The number of halogens is 2. The van der Waals surface area contributed by atoms with Crippen LogP contribution in [-0.4, -0.2) is 37.7 Å². The summed E-state index contributed by atoms with van der Waals surface area (Å²) in [5.74, 6) is -2.87. The Hall–Kier alpha value is -1.00. The number of nitrogens with zero attached hydrogens (tertiary/aromatic N) is 1. The summed E-state index contributed by atoms with van der Waals surface area (Å²) in [5, 5.41) is 0. The van der Waals surface area contributed by atoms with Gasteiger partial charge >= 0.3 is 0 Å². The van der Waals surface area contributed by atoms with Crippen molar-refractivity contribution >= 4 is 0 Å². The predicted octanol–water partition coefficient (Wildman–Crippen LogP) is 2.42. The van der Waals surface area contributed by atoms with Crippen LogP contribution in [0.15, 0.2) is 24.3 Å². The second-order valence-electron chi connectivity index (χ2n) is 4.56. The number of likely N-dealkylation sites (N-methyl/N-ethyl adjacent to an activating group) is 1. The Labute approximate surface area is 100 Å². The van der Waals surface area contributed by atoms with E-state index in [1.165, 1.54) is 6.07 Å². The first kappa shape index (κ1) is 12.5. The Morgan fingerprint density at radius 2 is 2.18 bits per heavy atom. The Kier molecular flexibility index (Phi) is 3.45. The highest BCUT2D eigenvalue weighted by atomic mass is 19.3. The van der Waals surface area contributed by atoms with Gasteiger partial charge < -0.3 is 4.74 Å². The highest BCUT2D eigenvalue weighted by Crippen LogP contribution is 2.35. The molecule has 2 rings (SSSR count). The van der Waals surface area contributed by atoms with E-state index in [4.69, 9.17) is 4.74 Å². The zero-order valence-corrected chi connectivity index (χ0v) is 10.1. The summed E-state index contributed by atoms with van der Waals surface area (Å²) in [5.41, 5.74) is 0.918. The van der Waals surface area contributed by atoms with Crippen LogP contribution >= 0.6 is 0 Å². The van der Waals surface area contributed by atoms with Gasteiger partial charge in [-0.05, 0) is 14.0 Å². The molecule has 0 spiro atoms. The maximum Gasteiger partial charge on any atom is 0.290 e. The maximum atomic E-state index is 14.4. The van der Waals surface area contributed by atoms with Gasteiger partial charge in [0.1, 0.15) is 6.04 Å². The molecule has 0 radical (unpaired) electrons. The van der Waals surface area contributed by atoms with E-state index in [2.05, 4.69) is 0 Å². The number of ether oxygens (including phenoxy) is 1. The molecule has 0 amide bonds. The molecular formula is C13H17F2NO. The van der Waals surface area contributed by atoms with Gasteiger partial charge in [0.15, 0.2) is 0 Å². The van der Waals surface area contributed by atoms with Crippen molar-refractivity contribution < 1.29 is 13.5 Å². The van der Waals surface area contributed by atoms with Crippen molar-refractivity contribution in [3.05, 3.63) is 35.4 Å². The van der Waals surface area contributed by atoms with Crippen LogP contribution in [0.1, 0.15) is 11.1 Å². The second-order valence-corrected chi connectivity index (χ2v) is 4.56. The van der Waals surface area contributed by atoms with E-state index in [0.717, 1.165) is 5.56 Å². The first-order valence-electron chi connectivity index (χ1n) is 5.75. The van der Waals surface area contributed by atoms with Crippen molar-refractivity contribution in [2.45, 2.75) is 18.9 Å². The third-order valence-electron chi connectivity index (χ3n) is 3.22. The molecule has 1 fully saturated rings. The lowest BCUT2D eigenvalue weighted by molar-refractivity contribution is -0.133. The Bertz CT molecular complexity index is 395.